The summed E-state index contributed by atoms with van der Waals surface area (Å²) in [6.07, 6.45) is 3.67. The van der Waals surface area contributed by atoms with Crippen LogP contribution in [0.25, 0.3) is 0 Å². The average Bonchev–Trinajstić information content (AvgIpc) is 3.00. The molecule has 86 valence electrons. The molecular weight excluding hydrogens is 220 g/mol. The van der Waals surface area contributed by atoms with Gasteiger partial charge in [0, 0.05) is 5.75 Å². The Morgan fingerprint density at radius 3 is 2.56 bits per heavy atom. The van der Waals surface area contributed by atoms with E-state index in [9.17, 15) is 5.11 Å². The van der Waals surface area contributed by atoms with E-state index in [-0.39, 0.29) is 0 Å². The number of thioether (sulfide) groups is 1. The summed E-state index contributed by atoms with van der Waals surface area (Å²) in [6.45, 7) is 0. The number of aliphatic hydroxyl groups is 1. The van der Waals surface area contributed by atoms with E-state index in [1.807, 2.05) is 36.0 Å². The zero-order valence-electron chi connectivity index (χ0n) is 9.19. The Balaban J connectivity index is 1.75. The van der Waals surface area contributed by atoms with Gasteiger partial charge in [-0.1, -0.05) is 12.1 Å². The average molecular weight is 236 g/mol. The Hall–Kier alpha value is -0.670. The molecule has 0 amide bonds. The minimum absolute atomic E-state index is 0.441. The fraction of sp³-hybridized carbons (Fsp3) is 0.538. The van der Waals surface area contributed by atoms with Gasteiger partial charge in [0.25, 0.3) is 0 Å². The van der Waals surface area contributed by atoms with Crippen LogP contribution in [0.3, 0.4) is 0 Å². The van der Waals surface area contributed by atoms with Gasteiger partial charge >= 0.3 is 0 Å². The van der Waals surface area contributed by atoms with Gasteiger partial charge in [-0.25, -0.2) is 0 Å². The quantitative estimate of drug-likeness (QED) is 0.874. The second kappa shape index (κ2) is 3.97. The normalized spacial score (nSPS) is 29.3. The smallest absolute Gasteiger partial charge is 0.119 e. The molecule has 2 aliphatic rings. The number of ether oxygens (including phenoxy) is 1. The highest BCUT2D eigenvalue weighted by Crippen LogP contribution is 2.37. The molecule has 2 fully saturated rings. The third-order valence-corrected chi connectivity index (χ3v) is 4.39. The van der Waals surface area contributed by atoms with Crippen molar-refractivity contribution in [2.75, 3.05) is 11.5 Å². The van der Waals surface area contributed by atoms with Crippen LogP contribution in [0.4, 0.5) is 0 Å². The molecule has 1 aromatic carbocycles. The first-order valence-corrected chi connectivity index (χ1v) is 6.99. The van der Waals surface area contributed by atoms with Crippen LogP contribution in [0.15, 0.2) is 24.3 Å². The maximum Gasteiger partial charge on any atom is 0.119 e. The number of benzene rings is 1. The second-order valence-electron chi connectivity index (χ2n) is 4.68. The summed E-state index contributed by atoms with van der Waals surface area (Å²) in [5.41, 5.74) is 0.420. The minimum Gasteiger partial charge on any atom is -0.490 e. The highest BCUT2D eigenvalue weighted by molar-refractivity contribution is 7.99. The van der Waals surface area contributed by atoms with Crippen molar-refractivity contribution in [2.24, 2.45) is 0 Å². The van der Waals surface area contributed by atoms with Crippen LogP contribution in [-0.2, 0) is 5.60 Å². The van der Waals surface area contributed by atoms with E-state index in [0.717, 1.165) is 29.2 Å². The first-order valence-electron chi connectivity index (χ1n) is 5.84. The Morgan fingerprint density at radius 2 is 2.00 bits per heavy atom. The molecule has 1 aromatic rings. The minimum atomic E-state index is -0.608. The van der Waals surface area contributed by atoms with Crippen LogP contribution in [0, 0.1) is 0 Å². The molecule has 1 atom stereocenters. The molecule has 0 aromatic heterocycles. The van der Waals surface area contributed by atoms with Crippen LogP contribution < -0.4 is 4.74 Å². The van der Waals surface area contributed by atoms with Crippen molar-refractivity contribution in [1.29, 1.82) is 0 Å². The Morgan fingerprint density at radius 1 is 1.25 bits per heavy atom. The first kappa shape index (κ1) is 10.5. The molecule has 0 radical (unpaired) electrons. The molecule has 3 rings (SSSR count). The Kier molecular flexibility index (Phi) is 2.60. The van der Waals surface area contributed by atoms with Gasteiger partial charge in [-0.3, -0.25) is 0 Å². The molecule has 1 N–H and O–H groups in total. The van der Waals surface area contributed by atoms with E-state index in [4.69, 9.17) is 4.74 Å². The van der Waals surface area contributed by atoms with Gasteiger partial charge < -0.3 is 9.84 Å². The van der Waals surface area contributed by atoms with Crippen LogP contribution in [0.2, 0.25) is 0 Å². The Bertz CT molecular complexity index is 364. The second-order valence-corrected chi connectivity index (χ2v) is 5.78. The van der Waals surface area contributed by atoms with Crippen molar-refractivity contribution in [3.63, 3.8) is 0 Å². The summed E-state index contributed by atoms with van der Waals surface area (Å²) in [5.74, 6) is 2.80. The molecule has 1 saturated carbocycles. The largest absolute Gasteiger partial charge is 0.490 e. The Labute approximate surface area is 100 Å². The summed E-state index contributed by atoms with van der Waals surface area (Å²) in [7, 11) is 0. The van der Waals surface area contributed by atoms with E-state index in [0.29, 0.717) is 6.10 Å². The molecule has 0 bridgehead atoms. The van der Waals surface area contributed by atoms with Gasteiger partial charge in [-0.15, -0.1) is 0 Å². The van der Waals surface area contributed by atoms with Gasteiger partial charge in [-0.05, 0) is 42.7 Å². The molecule has 1 heterocycles. The van der Waals surface area contributed by atoms with Gasteiger partial charge in [0.2, 0.25) is 0 Å². The molecule has 3 heteroatoms. The van der Waals surface area contributed by atoms with Crippen molar-refractivity contribution in [2.45, 2.75) is 31.0 Å². The fourth-order valence-electron chi connectivity index (χ4n) is 2.00. The predicted octanol–water partition coefficient (Wildman–Crippen LogP) is 2.55. The van der Waals surface area contributed by atoms with E-state index < -0.39 is 5.60 Å². The van der Waals surface area contributed by atoms with Crippen molar-refractivity contribution in [1.82, 2.24) is 0 Å². The molecule has 0 spiro atoms. The third-order valence-electron chi connectivity index (χ3n) is 3.22. The first-order chi connectivity index (χ1) is 7.76. The van der Waals surface area contributed by atoms with Crippen LogP contribution in [0.1, 0.15) is 24.8 Å². The molecule has 1 saturated heterocycles. The van der Waals surface area contributed by atoms with E-state index in [2.05, 4.69) is 0 Å². The van der Waals surface area contributed by atoms with Crippen molar-refractivity contribution < 1.29 is 9.84 Å². The van der Waals surface area contributed by atoms with Gasteiger partial charge in [-0.2, -0.15) is 11.8 Å². The molecule has 1 aliphatic carbocycles. The standard InChI is InChI=1S/C13H16O2S/c14-13(7-8-16-9-13)10-1-3-11(4-2-10)15-12-5-6-12/h1-4,12,14H,5-9H2. The monoisotopic (exact) mass is 236 g/mol. The summed E-state index contributed by atoms with van der Waals surface area (Å²) < 4.78 is 5.69. The number of hydrogen-bond acceptors (Lipinski definition) is 3. The number of hydrogen-bond donors (Lipinski definition) is 1. The zero-order valence-corrected chi connectivity index (χ0v) is 10.0. The predicted molar refractivity (Wildman–Crippen MR) is 65.9 cm³/mol. The molecule has 2 nitrogen and oxygen atoms in total. The molecule has 1 unspecified atom stereocenters. The highest BCUT2D eigenvalue weighted by Gasteiger charge is 2.33. The summed E-state index contributed by atoms with van der Waals surface area (Å²) in [6, 6.07) is 7.97. The summed E-state index contributed by atoms with van der Waals surface area (Å²) >= 11 is 1.82. The SMILES string of the molecule is OC1(c2ccc(OC3CC3)cc2)CCSC1. The van der Waals surface area contributed by atoms with E-state index in [1.165, 1.54) is 12.8 Å². The summed E-state index contributed by atoms with van der Waals surface area (Å²) in [5, 5.41) is 10.4. The highest BCUT2D eigenvalue weighted by atomic mass is 32.2. The van der Waals surface area contributed by atoms with Crippen molar-refractivity contribution in [3.05, 3.63) is 29.8 Å². The molecule has 16 heavy (non-hydrogen) atoms. The van der Waals surface area contributed by atoms with E-state index >= 15 is 0 Å². The van der Waals surface area contributed by atoms with Crippen molar-refractivity contribution >= 4 is 11.8 Å². The fourth-order valence-corrected chi connectivity index (χ4v) is 3.28. The summed E-state index contributed by atoms with van der Waals surface area (Å²) in [4.78, 5) is 0. The van der Waals surface area contributed by atoms with Gasteiger partial charge in [0.15, 0.2) is 0 Å². The van der Waals surface area contributed by atoms with Crippen molar-refractivity contribution in [3.8, 4) is 5.75 Å². The molecular formula is C13H16O2S. The maximum atomic E-state index is 10.4. The topological polar surface area (TPSA) is 29.5 Å². The lowest BCUT2D eigenvalue weighted by Gasteiger charge is -2.21. The lowest BCUT2D eigenvalue weighted by molar-refractivity contribution is 0.0657. The van der Waals surface area contributed by atoms with Crippen LogP contribution in [-0.4, -0.2) is 22.7 Å². The van der Waals surface area contributed by atoms with Gasteiger partial charge in [0.05, 0.1) is 11.7 Å². The van der Waals surface area contributed by atoms with Crippen LogP contribution >= 0.6 is 11.8 Å². The van der Waals surface area contributed by atoms with E-state index in [1.54, 1.807) is 0 Å². The molecule has 1 aliphatic heterocycles. The van der Waals surface area contributed by atoms with Gasteiger partial charge in [0.1, 0.15) is 5.75 Å². The third kappa shape index (κ3) is 2.06. The zero-order chi connectivity index (χ0) is 11.0. The number of rotatable bonds is 3. The lowest BCUT2D eigenvalue weighted by atomic mass is 9.93. The maximum absolute atomic E-state index is 10.4. The van der Waals surface area contributed by atoms with Crippen LogP contribution in [0.5, 0.6) is 5.75 Å². The lowest BCUT2D eigenvalue weighted by Crippen LogP contribution is -2.24.